The highest BCUT2D eigenvalue weighted by atomic mass is 35.5. The van der Waals surface area contributed by atoms with Crippen LogP contribution in [0.25, 0.3) is 0 Å². The van der Waals surface area contributed by atoms with Gasteiger partial charge in [0.1, 0.15) is 5.75 Å². The van der Waals surface area contributed by atoms with Crippen molar-refractivity contribution in [1.82, 2.24) is 4.98 Å². The minimum atomic E-state index is -0.560. The third-order valence-electron chi connectivity index (χ3n) is 1.14. The number of pyridine rings is 1. The van der Waals surface area contributed by atoms with Gasteiger partial charge < -0.3 is 4.74 Å². The van der Waals surface area contributed by atoms with Crippen LogP contribution in [0, 0.1) is 5.82 Å². The molecule has 1 heterocycles. The molecule has 0 bridgehead atoms. The Kier molecular flexibility index (Phi) is 2.87. The Labute approximate surface area is 75.3 Å². The maximum atomic E-state index is 12.8. The van der Waals surface area contributed by atoms with Gasteiger partial charge in [-0.05, 0) is 13.8 Å². The van der Waals surface area contributed by atoms with E-state index in [0.717, 1.165) is 0 Å². The predicted molar refractivity (Wildman–Crippen MR) is 45.0 cm³/mol. The maximum absolute atomic E-state index is 12.8. The van der Waals surface area contributed by atoms with Crippen molar-refractivity contribution in [3.63, 3.8) is 0 Å². The van der Waals surface area contributed by atoms with Crippen LogP contribution in [0.2, 0.25) is 5.15 Å². The molecule has 1 aromatic rings. The number of nitrogens with zero attached hydrogens (tertiary/aromatic N) is 1. The normalized spacial score (nSPS) is 10.4. The van der Waals surface area contributed by atoms with Gasteiger partial charge in [-0.3, -0.25) is 0 Å². The Morgan fingerprint density at radius 1 is 1.58 bits per heavy atom. The first-order chi connectivity index (χ1) is 5.59. The van der Waals surface area contributed by atoms with Crippen molar-refractivity contribution in [2.75, 3.05) is 0 Å². The average Bonchev–Trinajstić information content (AvgIpc) is 1.96. The van der Waals surface area contributed by atoms with E-state index in [-0.39, 0.29) is 11.3 Å². The molecule has 4 heteroatoms. The molecule has 0 aliphatic heterocycles. The fraction of sp³-hybridized carbons (Fsp3) is 0.375. The van der Waals surface area contributed by atoms with Gasteiger partial charge in [0.15, 0.2) is 11.0 Å². The van der Waals surface area contributed by atoms with Crippen molar-refractivity contribution in [3.8, 4) is 5.75 Å². The molecule has 0 saturated carbocycles. The van der Waals surface area contributed by atoms with E-state index in [9.17, 15) is 4.39 Å². The summed E-state index contributed by atoms with van der Waals surface area (Å²) in [5.74, 6) is -0.165. The first-order valence-corrected chi connectivity index (χ1v) is 3.95. The predicted octanol–water partition coefficient (Wildman–Crippen LogP) is 2.66. The third-order valence-corrected chi connectivity index (χ3v) is 1.42. The number of hydrogen-bond acceptors (Lipinski definition) is 2. The van der Waals surface area contributed by atoms with Gasteiger partial charge in [-0.1, -0.05) is 11.6 Å². The third kappa shape index (κ3) is 2.34. The standard InChI is InChI=1S/C8H9ClFNO/c1-5(2)12-6-3-7(10)8(9)11-4-6/h3-5H,1-2H3. The Bertz CT molecular complexity index is 278. The Hall–Kier alpha value is -0.830. The van der Waals surface area contributed by atoms with Crippen LogP contribution in [-0.2, 0) is 0 Å². The molecule has 0 amide bonds. The minimum absolute atomic E-state index is 0.00683. The Morgan fingerprint density at radius 2 is 2.25 bits per heavy atom. The van der Waals surface area contributed by atoms with E-state index in [1.54, 1.807) is 0 Å². The highest BCUT2D eigenvalue weighted by molar-refractivity contribution is 6.29. The fourth-order valence-electron chi connectivity index (χ4n) is 0.740. The van der Waals surface area contributed by atoms with Crippen LogP contribution in [0.4, 0.5) is 4.39 Å². The van der Waals surface area contributed by atoms with Crippen LogP contribution in [0.3, 0.4) is 0 Å². The molecule has 12 heavy (non-hydrogen) atoms. The molecular weight excluding hydrogens is 181 g/mol. The van der Waals surface area contributed by atoms with Gasteiger partial charge in [0.25, 0.3) is 0 Å². The van der Waals surface area contributed by atoms with Crippen LogP contribution < -0.4 is 4.74 Å². The molecule has 0 aliphatic carbocycles. The molecule has 0 N–H and O–H groups in total. The zero-order valence-electron chi connectivity index (χ0n) is 6.84. The average molecular weight is 190 g/mol. The molecular formula is C8H9ClFNO. The van der Waals surface area contributed by atoms with Gasteiger partial charge in [0.2, 0.25) is 0 Å². The lowest BCUT2D eigenvalue weighted by atomic mass is 10.4. The molecule has 2 nitrogen and oxygen atoms in total. The summed E-state index contributed by atoms with van der Waals surface area (Å²) in [6.45, 7) is 3.71. The summed E-state index contributed by atoms with van der Waals surface area (Å²) in [4.78, 5) is 3.60. The highest BCUT2D eigenvalue weighted by Crippen LogP contribution is 2.17. The van der Waals surface area contributed by atoms with Gasteiger partial charge in [-0.2, -0.15) is 0 Å². The lowest BCUT2D eigenvalue weighted by Crippen LogP contribution is -2.05. The zero-order chi connectivity index (χ0) is 9.14. The van der Waals surface area contributed by atoms with E-state index < -0.39 is 5.82 Å². The number of hydrogen-bond donors (Lipinski definition) is 0. The summed E-state index contributed by atoms with van der Waals surface area (Å²) >= 11 is 5.38. The molecule has 0 spiro atoms. The topological polar surface area (TPSA) is 22.1 Å². The quantitative estimate of drug-likeness (QED) is 0.668. The Balaban J connectivity index is 2.82. The van der Waals surface area contributed by atoms with Crippen LogP contribution in [0.1, 0.15) is 13.8 Å². The second kappa shape index (κ2) is 3.72. The summed E-state index contributed by atoms with van der Waals surface area (Å²) in [5.41, 5.74) is 0. The molecule has 0 aromatic carbocycles. The number of halogens is 2. The first-order valence-electron chi connectivity index (χ1n) is 3.57. The van der Waals surface area contributed by atoms with Crippen molar-refractivity contribution in [3.05, 3.63) is 23.2 Å². The SMILES string of the molecule is CC(C)Oc1cnc(Cl)c(F)c1. The first kappa shape index (κ1) is 9.26. The van der Waals surface area contributed by atoms with E-state index in [1.807, 2.05) is 13.8 Å². The number of ether oxygens (including phenoxy) is 1. The lowest BCUT2D eigenvalue weighted by molar-refractivity contribution is 0.240. The van der Waals surface area contributed by atoms with Crippen molar-refractivity contribution in [2.45, 2.75) is 20.0 Å². The molecule has 0 fully saturated rings. The van der Waals surface area contributed by atoms with E-state index in [0.29, 0.717) is 5.75 Å². The van der Waals surface area contributed by atoms with E-state index >= 15 is 0 Å². The van der Waals surface area contributed by atoms with Crippen LogP contribution in [0.5, 0.6) is 5.75 Å². The van der Waals surface area contributed by atoms with E-state index in [1.165, 1.54) is 12.3 Å². The maximum Gasteiger partial charge on any atom is 0.164 e. The van der Waals surface area contributed by atoms with Gasteiger partial charge in [0.05, 0.1) is 12.3 Å². The molecule has 1 aromatic heterocycles. The molecule has 0 unspecified atom stereocenters. The highest BCUT2D eigenvalue weighted by Gasteiger charge is 2.03. The van der Waals surface area contributed by atoms with Crippen LogP contribution in [-0.4, -0.2) is 11.1 Å². The van der Waals surface area contributed by atoms with Crippen molar-refractivity contribution in [1.29, 1.82) is 0 Å². The molecule has 66 valence electrons. The fourth-order valence-corrected chi connectivity index (χ4v) is 0.844. The van der Waals surface area contributed by atoms with Crippen molar-refractivity contribution >= 4 is 11.6 Å². The summed E-state index contributed by atoms with van der Waals surface area (Å²) in [7, 11) is 0. The van der Waals surface area contributed by atoms with Crippen molar-refractivity contribution in [2.24, 2.45) is 0 Å². The summed E-state index contributed by atoms with van der Waals surface area (Å²) in [6, 6.07) is 1.22. The molecule has 0 atom stereocenters. The number of aromatic nitrogens is 1. The van der Waals surface area contributed by atoms with Gasteiger partial charge in [0, 0.05) is 6.07 Å². The number of rotatable bonds is 2. The lowest BCUT2D eigenvalue weighted by Gasteiger charge is -2.08. The zero-order valence-corrected chi connectivity index (χ0v) is 7.60. The van der Waals surface area contributed by atoms with Gasteiger partial charge in [-0.25, -0.2) is 9.37 Å². The van der Waals surface area contributed by atoms with Crippen LogP contribution in [0.15, 0.2) is 12.3 Å². The monoisotopic (exact) mass is 189 g/mol. The summed E-state index contributed by atoms with van der Waals surface area (Å²) in [6.07, 6.45) is 1.40. The minimum Gasteiger partial charge on any atom is -0.489 e. The van der Waals surface area contributed by atoms with E-state index in [2.05, 4.69) is 4.98 Å². The van der Waals surface area contributed by atoms with Gasteiger partial charge in [-0.15, -0.1) is 0 Å². The molecule has 0 aliphatic rings. The largest absolute Gasteiger partial charge is 0.489 e. The molecule has 1 rings (SSSR count). The van der Waals surface area contributed by atoms with Crippen molar-refractivity contribution < 1.29 is 9.13 Å². The second-order valence-corrected chi connectivity index (χ2v) is 2.97. The summed E-state index contributed by atoms with van der Waals surface area (Å²) < 4.78 is 17.9. The second-order valence-electron chi connectivity index (χ2n) is 2.61. The molecule has 0 radical (unpaired) electrons. The van der Waals surface area contributed by atoms with Gasteiger partial charge >= 0.3 is 0 Å². The van der Waals surface area contributed by atoms with Crippen LogP contribution >= 0.6 is 11.6 Å². The van der Waals surface area contributed by atoms with E-state index in [4.69, 9.17) is 16.3 Å². The molecule has 0 saturated heterocycles. The smallest absolute Gasteiger partial charge is 0.164 e. The Morgan fingerprint density at radius 3 is 2.75 bits per heavy atom. The summed E-state index contributed by atoms with van der Waals surface area (Å²) in [5, 5.41) is -0.133.